The average Bonchev–Trinajstić information content (AvgIpc) is 2.07. The standard InChI is InChI=1S/C9H17NO/c1-7-4-8-2-3-9(7,6-11)5-10-8/h7-8,10-11H,2-6H2,1H3/t7-,8+,9+/m0/s1. The van der Waals surface area contributed by atoms with E-state index in [0.717, 1.165) is 12.6 Å². The van der Waals surface area contributed by atoms with Crippen LogP contribution >= 0.6 is 0 Å². The van der Waals surface area contributed by atoms with E-state index in [-0.39, 0.29) is 5.41 Å². The molecule has 2 bridgehead atoms. The summed E-state index contributed by atoms with van der Waals surface area (Å²) in [5.41, 5.74) is 0.231. The van der Waals surface area contributed by atoms with Gasteiger partial charge in [-0.15, -0.1) is 0 Å². The highest BCUT2D eigenvalue weighted by Crippen LogP contribution is 2.43. The molecule has 0 amide bonds. The van der Waals surface area contributed by atoms with E-state index in [9.17, 15) is 5.11 Å². The molecule has 2 aliphatic heterocycles. The van der Waals surface area contributed by atoms with Crippen LogP contribution in [0.1, 0.15) is 26.2 Å². The molecule has 0 aromatic carbocycles. The quantitative estimate of drug-likeness (QED) is 0.586. The maximum absolute atomic E-state index is 9.30. The van der Waals surface area contributed by atoms with Crippen molar-refractivity contribution in [2.75, 3.05) is 13.2 Å². The van der Waals surface area contributed by atoms with Gasteiger partial charge in [-0.3, -0.25) is 0 Å². The third kappa shape index (κ3) is 1.00. The Hall–Kier alpha value is -0.0800. The van der Waals surface area contributed by atoms with Gasteiger partial charge in [-0.05, 0) is 25.2 Å². The number of hydrogen-bond acceptors (Lipinski definition) is 2. The Balaban J connectivity index is 2.16. The summed E-state index contributed by atoms with van der Waals surface area (Å²) in [7, 11) is 0. The van der Waals surface area contributed by atoms with Gasteiger partial charge in [0.1, 0.15) is 0 Å². The van der Waals surface area contributed by atoms with Crippen molar-refractivity contribution in [2.24, 2.45) is 11.3 Å². The van der Waals surface area contributed by atoms with Crippen molar-refractivity contribution in [1.82, 2.24) is 5.32 Å². The zero-order chi connectivity index (χ0) is 7.90. The summed E-state index contributed by atoms with van der Waals surface area (Å²) < 4.78 is 0. The third-order valence-corrected chi connectivity index (χ3v) is 3.73. The van der Waals surface area contributed by atoms with E-state index in [2.05, 4.69) is 12.2 Å². The van der Waals surface area contributed by atoms with E-state index >= 15 is 0 Å². The number of rotatable bonds is 1. The fraction of sp³-hybridized carbons (Fsp3) is 1.00. The van der Waals surface area contributed by atoms with Crippen LogP contribution in [0.15, 0.2) is 0 Å². The lowest BCUT2D eigenvalue weighted by molar-refractivity contribution is -0.0166. The topological polar surface area (TPSA) is 32.3 Å². The fourth-order valence-electron chi connectivity index (χ4n) is 2.59. The zero-order valence-corrected chi connectivity index (χ0v) is 7.14. The van der Waals surface area contributed by atoms with Crippen molar-refractivity contribution in [2.45, 2.75) is 32.2 Å². The van der Waals surface area contributed by atoms with Gasteiger partial charge in [0.25, 0.3) is 0 Å². The molecule has 3 aliphatic rings. The van der Waals surface area contributed by atoms with Gasteiger partial charge < -0.3 is 10.4 Å². The van der Waals surface area contributed by atoms with Crippen molar-refractivity contribution >= 4 is 0 Å². The Morgan fingerprint density at radius 1 is 1.64 bits per heavy atom. The Kier molecular flexibility index (Phi) is 1.69. The summed E-state index contributed by atoms with van der Waals surface area (Å²) in [6.45, 7) is 3.69. The molecule has 64 valence electrons. The second kappa shape index (κ2) is 2.46. The van der Waals surface area contributed by atoms with Crippen LogP contribution in [0.25, 0.3) is 0 Å². The highest BCUT2D eigenvalue weighted by molar-refractivity contribution is 4.99. The van der Waals surface area contributed by atoms with Crippen LogP contribution in [-0.4, -0.2) is 24.3 Å². The molecule has 0 radical (unpaired) electrons. The van der Waals surface area contributed by atoms with Crippen molar-refractivity contribution < 1.29 is 5.11 Å². The van der Waals surface area contributed by atoms with Crippen LogP contribution < -0.4 is 5.32 Å². The van der Waals surface area contributed by atoms with Crippen LogP contribution in [0.4, 0.5) is 0 Å². The summed E-state index contributed by atoms with van der Waals surface area (Å²) in [5.74, 6) is 0.715. The molecular weight excluding hydrogens is 138 g/mol. The van der Waals surface area contributed by atoms with Gasteiger partial charge in [-0.1, -0.05) is 6.92 Å². The number of piperidine rings is 2. The molecule has 0 unspecified atom stereocenters. The van der Waals surface area contributed by atoms with Crippen LogP contribution in [0.5, 0.6) is 0 Å². The molecule has 11 heavy (non-hydrogen) atoms. The first-order valence-electron chi connectivity index (χ1n) is 4.61. The smallest absolute Gasteiger partial charge is 0.0502 e. The van der Waals surface area contributed by atoms with Gasteiger partial charge in [0.15, 0.2) is 0 Å². The third-order valence-electron chi connectivity index (χ3n) is 3.73. The second-order valence-corrected chi connectivity index (χ2v) is 4.27. The minimum atomic E-state index is 0.231. The molecule has 2 nitrogen and oxygen atoms in total. The predicted octanol–water partition coefficient (Wildman–Crippen LogP) is 0.757. The minimum Gasteiger partial charge on any atom is -0.396 e. The molecule has 3 atom stereocenters. The summed E-state index contributed by atoms with van der Waals surface area (Å²) >= 11 is 0. The maximum atomic E-state index is 9.30. The first-order valence-corrected chi connectivity index (χ1v) is 4.61. The van der Waals surface area contributed by atoms with Crippen LogP contribution in [0.3, 0.4) is 0 Å². The lowest BCUT2D eigenvalue weighted by atomic mass is 9.63. The maximum Gasteiger partial charge on any atom is 0.0502 e. The van der Waals surface area contributed by atoms with Gasteiger partial charge in [-0.25, -0.2) is 0 Å². The van der Waals surface area contributed by atoms with Crippen LogP contribution in [0, 0.1) is 11.3 Å². The molecule has 2 saturated heterocycles. The SMILES string of the molecule is C[C@H]1C[C@H]2CC[C@]1(CO)CN2. The van der Waals surface area contributed by atoms with Gasteiger partial charge in [0.05, 0.1) is 6.61 Å². The Labute approximate surface area is 68.0 Å². The van der Waals surface area contributed by atoms with Crippen molar-refractivity contribution in [3.05, 3.63) is 0 Å². The number of nitrogens with one attached hydrogen (secondary N) is 1. The lowest BCUT2D eigenvalue weighted by Gasteiger charge is -2.50. The Morgan fingerprint density at radius 3 is 2.82 bits per heavy atom. The first-order chi connectivity index (χ1) is 5.27. The Bertz CT molecular complexity index is 150. The molecule has 1 aliphatic carbocycles. The molecule has 1 saturated carbocycles. The fourth-order valence-corrected chi connectivity index (χ4v) is 2.59. The molecule has 0 aromatic heterocycles. The zero-order valence-electron chi connectivity index (χ0n) is 7.14. The van der Waals surface area contributed by atoms with E-state index in [4.69, 9.17) is 0 Å². The summed E-state index contributed by atoms with van der Waals surface area (Å²) in [6, 6.07) is 0.749. The van der Waals surface area contributed by atoms with E-state index in [0.29, 0.717) is 12.5 Å². The summed E-state index contributed by atoms with van der Waals surface area (Å²) in [5, 5.41) is 12.8. The van der Waals surface area contributed by atoms with Gasteiger partial charge in [0.2, 0.25) is 0 Å². The van der Waals surface area contributed by atoms with Gasteiger partial charge in [0, 0.05) is 18.0 Å². The van der Waals surface area contributed by atoms with Crippen LogP contribution in [-0.2, 0) is 0 Å². The molecule has 3 rings (SSSR count). The predicted molar refractivity (Wildman–Crippen MR) is 44.3 cm³/mol. The molecule has 2 heterocycles. The average molecular weight is 155 g/mol. The van der Waals surface area contributed by atoms with Crippen molar-refractivity contribution in [1.29, 1.82) is 0 Å². The molecule has 2 heteroatoms. The molecule has 2 N–H and O–H groups in total. The van der Waals surface area contributed by atoms with E-state index in [1.165, 1.54) is 19.3 Å². The number of fused-ring (bicyclic) bond motifs is 3. The lowest BCUT2D eigenvalue weighted by Crippen LogP contribution is -2.57. The highest BCUT2D eigenvalue weighted by Gasteiger charge is 2.44. The van der Waals surface area contributed by atoms with Crippen molar-refractivity contribution in [3.8, 4) is 0 Å². The molecular formula is C9H17NO. The summed E-state index contributed by atoms with van der Waals surface area (Å²) in [6.07, 6.45) is 3.76. The number of aliphatic hydroxyl groups excluding tert-OH is 1. The van der Waals surface area contributed by atoms with E-state index in [1.54, 1.807) is 0 Å². The normalized spacial score (nSPS) is 49.6. The van der Waals surface area contributed by atoms with Gasteiger partial charge >= 0.3 is 0 Å². The van der Waals surface area contributed by atoms with E-state index < -0.39 is 0 Å². The van der Waals surface area contributed by atoms with Gasteiger partial charge in [-0.2, -0.15) is 0 Å². The monoisotopic (exact) mass is 155 g/mol. The largest absolute Gasteiger partial charge is 0.396 e. The number of hydrogen-bond donors (Lipinski definition) is 2. The van der Waals surface area contributed by atoms with Crippen LogP contribution in [0.2, 0.25) is 0 Å². The van der Waals surface area contributed by atoms with Crippen molar-refractivity contribution in [3.63, 3.8) is 0 Å². The Morgan fingerprint density at radius 2 is 2.45 bits per heavy atom. The molecule has 3 fully saturated rings. The van der Waals surface area contributed by atoms with E-state index in [1.807, 2.05) is 0 Å². The number of aliphatic hydroxyl groups is 1. The minimum absolute atomic E-state index is 0.231. The second-order valence-electron chi connectivity index (χ2n) is 4.27. The summed E-state index contributed by atoms with van der Waals surface area (Å²) in [4.78, 5) is 0. The first kappa shape index (κ1) is 7.56. The highest BCUT2D eigenvalue weighted by atomic mass is 16.3. The molecule has 0 spiro atoms. The molecule has 0 aromatic rings.